The fraction of sp³-hybridized carbons (Fsp3) is 0.118. The van der Waals surface area contributed by atoms with Crippen molar-refractivity contribution >= 4 is 17.7 Å². The molecule has 0 saturated carbocycles. The molecule has 0 fully saturated rings. The van der Waals surface area contributed by atoms with Crippen LogP contribution >= 0.6 is 0 Å². The van der Waals surface area contributed by atoms with Gasteiger partial charge in [-0.2, -0.15) is 0 Å². The number of aryl methyl sites for hydroxylation is 1. The summed E-state index contributed by atoms with van der Waals surface area (Å²) in [7, 11) is 1.61. The van der Waals surface area contributed by atoms with Crippen molar-refractivity contribution < 1.29 is 9.53 Å². The number of carbonyl (C=O) groups is 1. The summed E-state index contributed by atoms with van der Waals surface area (Å²) in [6, 6.07) is 15.2. The lowest BCUT2D eigenvalue weighted by molar-refractivity contribution is -0.111. The summed E-state index contributed by atoms with van der Waals surface area (Å²) in [6.45, 7) is 2.02. The SMILES string of the molecule is COc1ccc(NC(=O)/C=C/c2cccc(C)c2)cc1. The average molecular weight is 267 g/mol. The molecular weight excluding hydrogens is 250 g/mol. The summed E-state index contributed by atoms with van der Waals surface area (Å²) >= 11 is 0. The molecule has 0 aliphatic rings. The number of carbonyl (C=O) groups excluding carboxylic acids is 1. The van der Waals surface area contributed by atoms with Crippen molar-refractivity contribution in [1.82, 2.24) is 0 Å². The van der Waals surface area contributed by atoms with Gasteiger partial charge < -0.3 is 10.1 Å². The van der Waals surface area contributed by atoms with Crippen molar-refractivity contribution in [2.45, 2.75) is 6.92 Å². The number of methoxy groups -OCH3 is 1. The van der Waals surface area contributed by atoms with Gasteiger partial charge in [0, 0.05) is 11.8 Å². The van der Waals surface area contributed by atoms with Gasteiger partial charge in [0.25, 0.3) is 0 Å². The fourth-order valence-corrected chi connectivity index (χ4v) is 1.80. The molecular formula is C17H17NO2. The van der Waals surface area contributed by atoms with Crippen molar-refractivity contribution in [1.29, 1.82) is 0 Å². The smallest absolute Gasteiger partial charge is 0.248 e. The molecule has 102 valence electrons. The molecule has 1 N–H and O–H groups in total. The van der Waals surface area contributed by atoms with Crippen molar-refractivity contribution in [2.75, 3.05) is 12.4 Å². The van der Waals surface area contributed by atoms with Gasteiger partial charge in [-0.1, -0.05) is 29.8 Å². The Morgan fingerprint density at radius 3 is 2.55 bits per heavy atom. The molecule has 3 nitrogen and oxygen atoms in total. The highest BCUT2D eigenvalue weighted by atomic mass is 16.5. The third-order valence-corrected chi connectivity index (χ3v) is 2.83. The van der Waals surface area contributed by atoms with Crippen LogP contribution in [0.15, 0.2) is 54.6 Å². The Hall–Kier alpha value is -2.55. The van der Waals surface area contributed by atoms with E-state index in [0.29, 0.717) is 0 Å². The zero-order valence-corrected chi connectivity index (χ0v) is 11.6. The Morgan fingerprint density at radius 2 is 1.90 bits per heavy atom. The molecule has 0 aliphatic heterocycles. The second-order valence-electron chi connectivity index (χ2n) is 4.47. The monoisotopic (exact) mass is 267 g/mol. The van der Waals surface area contributed by atoms with E-state index in [1.54, 1.807) is 37.5 Å². The van der Waals surface area contributed by atoms with Crippen LogP contribution in [0.5, 0.6) is 5.75 Å². The van der Waals surface area contributed by atoms with E-state index in [2.05, 4.69) is 5.32 Å². The lowest BCUT2D eigenvalue weighted by atomic mass is 10.1. The highest BCUT2D eigenvalue weighted by Crippen LogP contribution is 2.15. The van der Waals surface area contributed by atoms with E-state index < -0.39 is 0 Å². The molecule has 0 spiro atoms. The molecule has 0 unspecified atom stereocenters. The molecule has 2 aromatic rings. The number of benzene rings is 2. The number of nitrogens with one attached hydrogen (secondary N) is 1. The minimum absolute atomic E-state index is 0.156. The number of hydrogen-bond donors (Lipinski definition) is 1. The molecule has 2 aromatic carbocycles. The second-order valence-corrected chi connectivity index (χ2v) is 4.47. The van der Waals surface area contributed by atoms with E-state index >= 15 is 0 Å². The predicted molar refractivity (Wildman–Crippen MR) is 81.8 cm³/mol. The summed E-state index contributed by atoms with van der Waals surface area (Å²) in [4.78, 5) is 11.8. The third-order valence-electron chi connectivity index (χ3n) is 2.83. The average Bonchev–Trinajstić information content (AvgIpc) is 2.46. The van der Waals surface area contributed by atoms with Gasteiger partial charge in [0.1, 0.15) is 5.75 Å². The van der Waals surface area contributed by atoms with Crippen LogP contribution in [0.4, 0.5) is 5.69 Å². The van der Waals surface area contributed by atoms with Crippen LogP contribution < -0.4 is 10.1 Å². The van der Waals surface area contributed by atoms with E-state index in [-0.39, 0.29) is 5.91 Å². The van der Waals surface area contributed by atoms with Crippen molar-refractivity contribution in [3.63, 3.8) is 0 Å². The minimum atomic E-state index is -0.156. The molecule has 0 radical (unpaired) electrons. The van der Waals surface area contributed by atoms with E-state index in [1.165, 1.54) is 11.6 Å². The van der Waals surface area contributed by atoms with Crippen LogP contribution in [0.1, 0.15) is 11.1 Å². The van der Waals surface area contributed by atoms with Gasteiger partial charge in [0.15, 0.2) is 0 Å². The summed E-state index contributed by atoms with van der Waals surface area (Å²) in [5.74, 6) is 0.606. The zero-order chi connectivity index (χ0) is 14.4. The Bertz CT molecular complexity index is 615. The molecule has 20 heavy (non-hydrogen) atoms. The molecule has 3 heteroatoms. The molecule has 0 heterocycles. The maximum absolute atomic E-state index is 11.8. The van der Waals surface area contributed by atoms with Crippen molar-refractivity contribution in [3.05, 3.63) is 65.7 Å². The number of rotatable bonds is 4. The minimum Gasteiger partial charge on any atom is -0.497 e. The number of ether oxygens (including phenoxy) is 1. The third kappa shape index (κ3) is 3.99. The van der Waals surface area contributed by atoms with Crippen LogP contribution in [-0.2, 0) is 4.79 Å². The maximum atomic E-state index is 11.8. The first-order valence-electron chi connectivity index (χ1n) is 6.37. The predicted octanol–water partition coefficient (Wildman–Crippen LogP) is 3.66. The lowest BCUT2D eigenvalue weighted by Gasteiger charge is -2.03. The highest BCUT2D eigenvalue weighted by molar-refractivity contribution is 6.01. The van der Waals surface area contributed by atoms with Gasteiger partial charge in [-0.15, -0.1) is 0 Å². The van der Waals surface area contributed by atoms with Gasteiger partial charge >= 0.3 is 0 Å². The van der Waals surface area contributed by atoms with Crippen LogP contribution in [0.2, 0.25) is 0 Å². The van der Waals surface area contributed by atoms with Crippen LogP contribution in [0, 0.1) is 6.92 Å². The Balaban J connectivity index is 1.98. The zero-order valence-electron chi connectivity index (χ0n) is 11.6. The van der Waals surface area contributed by atoms with E-state index in [4.69, 9.17) is 4.74 Å². The summed E-state index contributed by atoms with van der Waals surface area (Å²) in [5.41, 5.74) is 2.92. The van der Waals surface area contributed by atoms with E-state index in [0.717, 1.165) is 17.0 Å². The van der Waals surface area contributed by atoms with Crippen LogP contribution in [0.25, 0.3) is 6.08 Å². The van der Waals surface area contributed by atoms with Gasteiger partial charge in [-0.05, 0) is 42.8 Å². The highest BCUT2D eigenvalue weighted by Gasteiger charge is 1.98. The van der Waals surface area contributed by atoms with E-state index in [1.807, 2.05) is 31.2 Å². The van der Waals surface area contributed by atoms with Crippen LogP contribution in [-0.4, -0.2) is 13.0 Å². The first-order chi connectivity index (χ1) is 9.67. The molecule has 1 amide bonds. The molecule has 2 rings (SSSR count). The summed E-state index contributed by atoms with van der Waals surface area (Å²) < 4.78 is 5.06. The fourth-order valence-electron chi connectivity index (χ4n) is 1.80. The largest absolute Gasteiger partial charge is 0.497 e. The Morgan fingerprint density at radius 1 is 1.15 bits per heavy atom. The number of hydrogen-bond acceptors (Lipinski definition) is 2. The molecule has 0 aliphatic carbocycles. The number of anilines is 1. The first-order valence-corrected chi connectivity index (χ1v) is 6.37. The molecule has 0 saturated heterocycles. The van der Waals surface area contributed by atoms with Gasteiger partial charge in [0.05, 0.1) is 7.11 Å². The summed E-state index contributed by atoms with van der Waals surface area (Å²) in [5, 5.41) is 2.80. The molecule has 0 aromatic heterocycles. The maximum Gasteiger partial charge on any atom is 0.248 e. The lowest BCUT2D eigenvalue weighted by Crippen LogP contribution is -2.07. The Labute approximate surface area is 118 Å². The second kappa shape index (κ2) is 6.57. The quantitative estimate of drug-likeness (QED) is 0.859. The normalized spacial score (nSPS) is 10.5. The van der Waals surface area contributed by atoms with Crippen molar-refractivity contribution in [3.8, 4) is 5.75 Å². The van der Waals surface area contributed by atoms with Gasteiger partial charge in [-0.25, -0.2) is 0 Å². The number of amides is 1. The molecule has 0 atom stereocenters. The summed E-state index contributed by atoms with van der Waals surface area (Å²) in [6.07, 6.45) is 3.32. The van der Waals surface area contributed by atoms with E-state index in [9.17, 15) is 4.79 Å². The Kier molecular flexibility index (Phi) is 4.56. The molecule has 0 bridgehead atoms. The first kappa shape index (κ1) is 13.9. The van der Waals surface area contributed by atoms with Gasteiger partial charge in [0.2, 0.25) is 5.91 Å². The van der Waals surface area contributed by atoms with Gasteiger partial charge in [-0.3, -0.25) is 4.79 Å². The van der Waals surface area contributed by atoms with Crippen molar-refractivity contribution in [2.24, 2.45) is 0 Å². The van der Waals surface area contributed by atoms with Crippen LogP contribution in [0.3, 0.4) is 0 Å². The standard InChI is InChI=1S/C17H17NO2/c1-13-4-3-5-14(12-13)6-11-17(19)18-15-7-9-16(20-2)10-8-15/h3-12H,1-2H3,(H,18,19)/b11-6+. The topological polar surface area (TPSA) is 38.3 Å².